The van der Waals surface area contributed by atoms with Crippen molar-refractivity contribution in [2.45, 2.75) is 44.6 Å². The van der Waals surface area contributed by atoms with Crippen LogP contribution in [0.4, 0.5) is 0 Å². The Morgan fingerprint density at radius 3 is 3.00 bits per heavy atom. The van der Waals surface area contributed by atoms with E-state index in [1.165, 1.54) is 12.8 Å². The first kappa shape index (κ1) is 8.69. The molecule has 0 bridgehead atoms. The molecule has 1 aliphatic carbocycles. The van der Waals surface area contributed by atoms with Crippen LogP contribution in [0.5, 0.6) is 0 Å². The molecule has 0 aromatic carbocycles. The van der Waals surface area contributed by atoms with Crippen molar-refractivity contribution < 1.29 is 4.52 Å². The molecule has 4 nitrogen and oxygen atoms in total. The first-order chi connectivity index (χ1) is 6.31. The number of rotatable bonds is 4. The van der Waals surface area contributed by atoms with Gasteiger partial charge in [0.1, 0.15) is 0 Å². The third kappa shape index (κ3) is 1.88. The van der Waals surface area contributed by atoms with Crippen LogP contribution in [0, 0.1) is 0 Å². The highest BCUT2D eigenvalue weighted by Crippen LogP contribution is 2.38. The van der Waals surface area contributed by atoms with E-state index in [0.717, 1.165) is 18.7 Å². The predicted octanol–water partition coefficient (Wildman–Crippen LogP) is 1.75. The predicted molar refractivity (Wildman–Crippen MR) is 48.1 cm³/mol. The third-order valence-corrected chi connectivity index (χ3v) is 2.32. The van der Waals surface area contributed by atoms with Crippen molar-refractivity contribution in [3.8, 4) is 0 Å². The Balaban J connectivity index is 2.03. The molecule has 2 N–H and O–H groups in total. The second kappa shape index (κ2) is 3.46. The molecule has 0 radical (unpaired) electrons. The Bertz CT molecular complexity index is 280. The van der Waals surface area contributed by atoms with Crippen molar-refractivity contribution >= 4 is 0 Å². The normalized spacial score (nSPS) is 18.9. The summed E-state index contributed by atoms with van der Waals surface area (Å²) in [5.74, 6) is 2.00. The van der Waals surface area contributed by atoms with Crippen LogP contribution in [0.2, 0.25) is 0 Å². The Kier molecular flexibility index (Phi) is 2.31. The average Bonchev–Trinajstić information content (AvgIpc) is 2.84. The summed E-state index contributed by atoms with van der Waals surface area (Å²) in [7, 11) is 0. The van der Waals surface area contributed by atoms with Crippen molar-refractivity contribution in [1.82, 2.24) is 10.1 Å². The van der Waals surface area contributed by atoms with Gasteiger partial charge in [0.15, 0.2) is 5.82 Å². The van der Waals surface area contributed by atoms with Gasteiger partial charge in [-0.05, 0) is 19.3 Å². The molecular weight excluding hydrogens is 166 g/mol. The third-order valence-electron chi connectivity index (χ3n) is 2.32. The van der Waals surface area contributed by atoms with Gasteiger partial charge in [-0.3, -0.25) is 0 Å². The van der Waals surface area contributed by atoms with Crippen LogP contribution in [-0.4, -0.2) is 10.1 Å². The summed E-state index contributed by atoms with van der Waals surface area (Å²) in [4.78, 5) is 4.29. The van der Waals surface area contributed by atoms with Crippen molar-refractivity contribution in [3.05, 3.63) is 11.7 Å². The fourth-order valence-corrected chi connectivity index (χ4v) is 1.34. The van der Waals surface area contributed by atoms with E-state index in [1.54, 1.807) is 0 Å². The highest BCUT2D eigenvalue weighted by atomic mass is 16.5. The van der Waals surface area contributed by atoms with Crippen molar-refractivity contribution in [1.29, 1.82) is 0 Å². The number of nitrogens with zero attached hydrogens (tertiary/aromatic N) is 2. The van der Waals surface area contributed by atoms with Crippen molar-refractivity contribution in [2.75, 3.05) is 0 Å². The van der Waals surface area contributed by atoms with Gasteiger partial charge in [-0.2, -0.15) is 4.98 Å². The molecule has 13 heavy (non-hydrogen) atoms. The zero-order valence-corrected chi connectivity index (χ0v) is 7.86. The lowest BCUT2D eigenvalue weighted by Crippen LogP contribution is -2.10. The molecule has 1 heterocycles. The van der Waals surface area contributed by atoms with Gasteiger partial charge in [0.25, 0.3) is 0 Å². The Morgan fingerprint density at radius 2 is 2.38 bits per heavy atom. The molecule has 0 unspecified atom stereocenters. The standard InChI is InChI=1S/C9H15N3O/c1-2-3-7(10)9-11-8(12-13-9)6-4-5-6/h6-7H,2-5,10H2,1H3/t7-/m0/s1. The summed E-state index contributed by atoms with van der Waals surface area (Å²) in [6.45, 7) is 2.10. The van der Waals surface area contributed by atoms with Crippen LogP contribution < -0.4 is 5.73 Å². The monoisotopic (exact) mass is 181 g/mol. The molecule has 0 aliphatic heterocycles. The zero-order valence-electron chi connectivity index (χ0n) is 7.86. The minimum atomic E-state index is -0.0787. The molecule has 0 spiro atoms. The SMILES string of the molecule is CCC[C@H](N)c1nc(C2CC2)no1. The molecule has 0 saturated heterocycles. The molecule has 2 rings (SSSR count). The van der Waals surface area contributed by atoms with Crippen LogP contribution in [0.25, 0.3) is 0 Å². The van der Waals surface area contributed by atoms with Gasteiger partial charge in [-0.1, -0.05) is 18.5 Å². The maximum atomic E-state index is 5.84. The van der Waals surface area contributed by atoms with Gasteiger partial charge in [0.2, 0.25) is 5.89 Å². The fourth-order valence-electron chi connectivity index (χ4n) is 1.34. The first-order valence-electron chi connectivity index (χ1n) is 4.90. The number of hydrogen-bond donors (Lipinski definition) is 1. The highest BCUT2D eigenvalue weighted by molar-refractivity contribution is 5.04. The summed E-state index contributed by atoms with van der Waals surface area (Å²) >= 11 is 0. The molecule has 1 aliphatic rings. The number of nitrogens with two attached hydrogens (primary N) is 1. The second-order valence-electron chi connectivity index (χ2n) is 3.66. The smallest absolute Gasteiger partial charge is 0.243 e. The van der Waals surface area contributed by atoms with Gasteiger partial charge in [0.05, 0.1) is 6.04 Å². The molecule has 72 valence electrons. The maximum absolute atomic E-state index is 5.84. The molecule has 1 aromatic heterocycles. The summed E-state index contributed by atoms with van der Waals surface area (Å²) in [6.07, 6.45) is 4.35. The highest BCUT2D eigenvalue weighted by Gasteiger charge is 2.29. The van der Waals surface area contributed by atoms with Crippen LogP contribution in [0.1, 0.15) is 56.3 Å². The quantitative estimate of drug-likeness (QED) is 0.768. The van der Waals surface area contributed by atoms with E-state index in [-0.39, 0.29) is 6.04 Å². The van der Waals surface area contributed by atoms with Crippen LogP contribution >= 0.6 is 0 Å². The van der Waals surface area contributed by atoms with E-state index in [4.69, 9.17) is 10.3 Å². The van der Waals surface area contributed by atoms with E-state index in [9.17, 15) is 0 Å². The molecule has 1 fully saturated rings. The summed E-state index contributed by atoms with van der Waals surface area (Å²) in [5.41, 5.74) is 5.84. The fraction of sp³-hybridized carbons (Fsp3) is 0.778. The van der Waals surface area contributed by atoms with E-state index >= 15 is 0 Å². The van der Waals surface area contributed by atoms with Crippen LogP contribution in [0.15, 0.2) is 4.52 Å². The van der Waals surface area contributed by atoms with E-state index in [1.807, 2.05) is 0 Å². The lowest BCUT2D eigenvalue weighted by molar-refractivity contribution is 0.344. The number of hydrogen-bond acceptors (Lipinski definition) is 4. The van der Waals surface area contributed by atoms with Gasteiger partial charge < -0.3 is 10.3 Å². The molecule has 1 aromatic rings. The van der Waals surface area contributed by atoms with E-state index in [0.29, 0.717) is 11.8 Å². The Labute approximate surface area is 77.5 Å². The molecule has 1 saturated carbocycles. The minimum Gasteiger partial charge on any atom is -0.338 e. The Morgan fingerprint density at radius 1 is 1.62 bits per heavy atom. The lowest BCUT2D eigenvalue weighted by atomic mass is 10.2. The van der Waals surface area contributed by atoms with E-state index in [2.05, 4.69) is 17.1 Å². The van der Waals surface area contributed by atoms with Gasteiger partial charge in [0, 0.05) is 5.92 Å². The first-order valence-corrected chi connectivity index (χ1v) is 4.90. The minimum absolute atomic E-state index is 0.0787. The van der Waals surface area contributed by atoms with Gasteiger partial charge in [-0.15, -0.1) is 0 Å². The second-order valence-corrected chi connectivity index (χ2v) is 3.66. The van der Waals surface area contributed by atoms with Crippen molar-refractivity contribution in [2.24, 2.45) is 5.73 Å². The topological polar surface area (TPSA) is 64.9 Å². The summed E-state index contributed by atoms with van der Waals surface area (Å²) in [5, 5.41) is 3.92. The zero-order chi connectivity index (χ0) is 9.26. The lowest BCUT2D eigenvalue weighted by Gasteiger charge is -2.01. The number of aromatic nitrogens is 2. The van der Waals surface area contributed by atoms with Crippen LogP contribution in [0.3, 0.4) is 0 Å². The molecule has 4 heteroatoms. The molecular formula is C9H15N3O. The Hall–Kier alpha value is -0.900. The van der Waals surface area contributed by atoms with Gasteiger partial charge >= 0.3 is 0 Å². The molecule has 0 amide bonds. The van der Waals surface area contributed by atoms with Crippen LogP contribution in [-0.2, 0) is 0 Å². The van der Waals surface area contributed by atoms with Gasteiger partial charge in [-0.25, -0.2) is 0 Å². The maximum Gasteiger partial charge on any atom is 0.243 e. The summed E-state index contributed by atoms with van der Waals surface area (Å²) in [6, 6.07) is -0.0787. The average molecular weight is 181 g/mol. The largest absolute Gasteiger partial charge is 0.338 e. The van der Waals surface area contributed by atoms with E-state index < -0.39 is 0 Å². The summed E-state index contributed by atoms with van der Waals surface area (Å²) < 4.78 is 5.09. The molecule has 1 atom stereocenters. The van der Waals surface area contributed by atoms with Crippen molar-refractivity contribution in [3.63, 3.8) is 0 Å².